The smallest absolute Gasteiger partial charge is 0.338 e. The van der Waals surface area contributed by atoms with Crippen molar-refractivity contribution < 1.29 is 23.9 Å². The van der Waals surface area contributed by atoms with E-state index in [-0.39, 0.29) is 18.4 Å². The van der Waals surface area contributed by atoms with Gasteiger partial charge in [-0.15, -0.1) is 0 Å². The quantitative estimate of drug-likeness (QED) is 0.478. The van der Waals surface area contributed by atoms with Crippen LogP contribution in [0.4, 0.5) is 5.69 Å². The molecule has 0 spiro atoms. The van der Waals surface area contributed by atoms with Crippen molar-refractivity contribution in [2.45, 2.75) is 32.0 Å². The first kappa shape index (κ1) is 16.0. The maximum Gasteiger partial charge on any atom is 0.338 e. The standard InChI is InChI=1S/C19H19NO5/c1-4-24-17(23)11-6-5-7-12(10-11)20-15(21)13-14(16(20)22)19(3)9-8-18(13,2)25-19/h5-10,13-14H,4H2,1-3H3. The number of rotatable bonds is 3. The molecule has 2 fully saturated rings. The Kier molecular flexibility index (Phi) is 3.22. The van der Waals surface area contributed by atoms with Gasteiger partial charge in [-0.3, -0.25) is 9.59 Å². The average molecular weight is 341 g/mol. The number of anilines is 1. The number of carbonyl (C=O) groups is 3. The lowest BCUT2D eigenvalue weighted by Gasteiger charge is -2.25. The Morgan fingerprint density at radius 1 is 1.16 bits per heavy atom. The summed E-state index contributed by atoms with van der Waals surface area (Å²) in [6.07, 6.45) is 3.75. The SMILES string of the molecule is CCOC(=O)c1cccc(N2C(=O)C3C(C2=O)C2(C)C=CC3(C)O2)c1. The molecule has 0 radical (unpaired) electrons. The van der Waals surface area contributed by atoms with Gasteiger partial charge in [-0.05, 0) is 39.0 Å². The lowest BCUT2D eigenvalue weighted by Crippen LogP contribution is -2.39. The molecule has 4 rings (SSSR count). The predicted octanol–water partition coefficient (Wildman–Crippen LogP) is 2.09. The molecule has 0 aromatic heterocycles. The van der Waals surface area contributed by atoms with Crippen LogP contribution in [-0.2, 0) is 19.1 Å². The van der Waals surface area contributed by atoms with Crippen LogP contribution in [0.2, 0.25) is 0 Å². The monoisotopic (exact) mass is 341 g/mol. The minimum absolute atomic E-state index is 0.258. The van der Waals surface area contributed by atoms with Gasteiger partial charge in [0.2, 0.25) is 11.8 Å². The Labute approximate surface area is 145 Å². The summed E-state index contributed by atoms with van der Waals surface area (Å²) >= 11 is 0. The first-order chi connectivity index (χ1) is 11.8. The molecule has 3 aliphatic rings. The van der Waals surface area contributed by atoms with Gasteiger partial charge < -0.3 is 9.47 Å². The van der Waals surface area contributed by atoms with E-state index in [1.807, 2.05) is 26.0 Å². The van der Waals surface area contributed by atoms with Crippen LogP contribution in [0.5, 0.6) is 0 Å². The Morgan fingerprint density at radius 3 is 2.32 bits per heavy atom. The molecule has 25 heavy (non-hydrogen) atoms. The second-order valence-corrected chi connectivity index (χ2v) is 7.04. The number of fused-ring (bicyclic) bond motifs is 5. The summed E-state index contributed by atoms with van der Waals surface area (Å²) in [7, 11) is 0. The molecule has 0 saturated carbocycles. The van der Waals surface area contributed by atoms with Gasteiger partial charge in [-0.1, -0.05) is 18.2 Å². The van der Waals surface area contributed by atoms with E-state index in [1.54, 1.807) is 25.1 Å². The summed E-state index contributed by atoms with van der Waals surface area (Å²) in [4.78, 5) is 39.2. The largest absolute Gasteiger partial charge is 0.462 e. The van der Waals surface area contributed by atoms with Crippen molar-refractivity contribution in [1.82, 2.24) is 0 Å². The summed E-state index contributed by atoms with van der Waals surface area (Å²) in [5, 5.41) is 0. The lowest BCUT2D eigenvalue weighted by atomic mass is 9.73. The first-order valence-electron chi connectivity index (χ1n) is 8.36. The van der Waals surface area contributed by atoms with Crippen LogP contribution in [0.3, 0.4) is 0 Å². The van der Waals surface area contributed by atoms with Gasteiger partial charge in [-0.25, -0.2) is 9.69 Å². The zero-order chi connectivity index (χ0) is 18.0. The van der Waals surface area contributed by atoms with E-state index in [4.69, 9.17) is 9.47 Å². The zero-order valence-electron chi connectivity index (χ0n) is 14.3. The van der Waals surface area contributed by atoms with E-state index in [2.05, 4.69) is 0 Å². The molecule has 130 valence electrons. The van der Waals surface area contributed by atoms with Gasteiger partial charge in [0.25, 0.3) is 0 Å². The van der Waals surface area contributed by atoms with Crippen molar-refractivity contribution >= 4 is 23.5 Å². The van der Waals surface area contributed by atoms with Gasteiger partial charge in [0, 0.05) is 0 Å². The van der Waals surface area contributed by atoms with Crippen molar-refractivity contribution in [3.05, 3.63) is 42.0 Å². The number of imide groups is 1. The van der Waals surface area contributed by atoms with Crippen LogP contribution in [0.1, 0.15) is 31.1 Å². The van der Waals surface area contributed by atoms with Gasteiger partial charge >= 0.3 is 5.97 Å². The molecule has 2 amide bonds. The topological polar surface area (TPSA) is 72.9 Å². The first-order valence-corrected chi connectivity index (χ1v) is 8.36. The molecule has 0 aliphatic carbocycles. The molecular weight excluding hydrogens is 322 g/mol. The van der Waals surface area contributed by atoms with Crippen LogP contribution in [0.25, 0.3) is 0 Å². The number of amides is 2. The third-order valence-corrected chi connectivity index (χ3v) is 5.34. The fraction of sp³-hybridized carbons (Fsp3) is 0.421. The third kappa shape index (κ3) is 2.03. The third-order valence-electron chi connectivity index (χ3n) is 5.34. The van der Waals surface area contributed by atoms with Crippen molar-refractivity contribution in [2.75, 3.05) is 11.5 Å². The van der Waals surface area contributed by atoms with Gasteiger partial charge in [0.15, 0.2) is 0 Å². The van der Waals surface area contributed by atoms with Crippen molar-refractivity contribution in [3.8, 4) is 0 Å². The van der Waals surface area contributed by atoms with Gasteiger partial charge in [0.1, 0.15) is 0 Å². The number of carbonyl (C=O) groups excluding carboxylic acids is 3. The molecule has 3 heterocycles. The number of esters is 1. The summed E-state index contributed by atoms with van der Waals surface area (Å²) in [5.41, 5.74) is -0.826. The molecule has 1 aromatic rings. The van der Waals surface area contributed by atoms with E-state index in [0.29, 0.717) is 11.3 Å². The Balaban J connectivity index is 1.72. The summed E-state index contributed by atoms with van der Waals surface area (Å²) in [6, 6.07) is 6.42. The summed E-state index contributed by atoms with van der Waals surface area (Å²) in [6.45, 7) is 5.65. The highest BCUT2D eigenvalue weighted by Crippen LogP contribution is 2.57. The van der Waals surface area contributed by atoms with Gasteiger partial charge in [0.05, 0.1) is 40.9 Å². The van der Waals surface area contributed by atoms with Crippen molar-refractivity contribution in [2.24, 2.45) is 11.8 Å². The average Bonchev–Trinajstić information content (AvgIpc) is 3.12. The van der Waals surface area contributed by atoms with E-state index >= 15 is 0 Å². The van der Waals surface area contributed by atoms with Crippen molar-refractivity contribution in [1.29, 1.82) is 0 Å². The van der Waals surface area contributed by atoms with E-state index < -0.39 is 29.0 Å². The molecule has 0 N–H and O–H groups in total. The second-order valence-electron chi connectivity index (χ2n) is 7.04. The minimum Gasteiger partial charge on any atom is -0.462 e. The number of hydrogen-bond donors (Lipinski definition) is 0. The van der Waals surface area contributed by atoms with Crippen LogP contribution >= 0.6 is 0 Å². The van der Waals surface area contributed by atoms with Crippen molar-refractivity contribution in [3.63, 3.8) is 0 Å². The molecular formula is C19H19NO5. The molecule has 3 aliphatic heterocycles. The van der Waals surface area contributed by atoms with E-state index in [1.165, 1.54) is 11.0 Å². The number of hydrogen-bond acceptors (Lipinski definition) is 5. The fourth-order valence-electron chi connectivity index (χ4n) is 4.27. The normalized spacial score (nSPS) is 35.4. The Hall–Kier alpha value is -2.47. The zero-order valence-corrected chi connectivity index (χ0v) is 14.3. The lowest BCUT2D eigenvalue weighted by molar-refractivity contribution is -0.128. The van der Waals surface area contributed by atoms with Gasteiger partial charge in [-0.2, -0.15) is 0 Å². The highest BCUT2D eigenvalue weighted by Gasteiger charge is 2.70. The maximum absolute atomic E-state index is 13.0. The summed E-state index contributed by atoms with van der Waals surface area (Å²) in [5.74, 6) is -2.13. The van der Waals surface area contributed by atoms with E-state index in [9.17, 15) is 14.4 Å². The predicted molar refractivity (Wildman–Crippen MR) is 88.9 cm³/mol. The molecule has 4 atom stereocenters. The van der Waals surface area contributed by atoms with Crippen LogP contribution in [-0.4, -0.2) is 35.6 Å². The number of nitrogens with zero attached hydrogens (tertiary/aromatic N) is 1. The maximum atomic E-state index is 13.0. The number of benzene rings is 1. The molecule has 2 saturated heterocycles. The second kappa shape index (κ2) is 5.02. The molecule has 4 unspecified atom stereocenters. The van der Waals surface area contributed by atoms with E-state index in [0.717, 1.165) is 0 Å². The highest BCUT2D eigenvalue weighted by molar-refractivity contribution is 6.23. The molecule has 6 heteroatoms. The minimum atomic E-state index is -0.764. The fourth-order valence-corrected chi connectivity index (χ4v) is 4.27. The summed E-state index contributed by atoms with van der Waals surface area (Å²) < 4.78 is 11.0. The molecule has 2 bridgehead atoms. The molecule has 6 nitrogen and oxygen atoms in total. The highest BCUT2D eigenvalue weighted by atomic mass is 16.5. The Morgan fingerprint density at radius 2 is 1.76 bits per heavy atom. The van der Waals surface area contributed by atoms with Crippen LogP contribution < -0.4 is 4.90 Å². The number of ether oxygens (including phenoxy) is 2. The van der Waals surface area contributed by atoms with Crippen LogP contribution in [0, 0.1) is 11.8 Å². The van der Waals surface area contributed by atoms with Crippen LogP contribution in [0.15, 0.2) is 36.4 Å². The Bertz CT molecular complexity index is 795. The molecule has 1 aromatic carbocycles.